The van der Waals surface area contributed by atoms with Gasteiger partial charge in [-0.15, -0.1) is 0 Å². The first-order valence-corrected chi connectivity index (χ1v) is 5.01. The lowest BCUT2D eigenvalue weighted by molar-refractivity contribution is -0.113. The van der Waals surface area contributed by atoms with Crippen LogP contribution >= 0.6 is 0 Å². The minimum atomic E-state index is -0.456. The van der Waals surface area contributed by atoms with Gasteiger partial charge in [-0.25, -0.2) is 4.98 Å². The van der Waals surface area contributed by atoms with Crippen molar-refractivity contribution in [1.82, 2.24) is 9.38 Å². The largest absolute Gasteiger partial charge is 0.366 e. The molecule has 82 valence electrons. The minimum Gasteiger partial charge on any atom is -0.366 e. The maximum Gasteiger partial charge on any atom is 0.241 e. The van der Waals surface area contributed by atoms with Crippen molar-refractivity contribution in [3.05, 3.63) is 41.4 Å². The van der Waals surface area contributed by atoms with Crippen molar-refractivity contribution in [2.24, 2.45) is 5.73 Å². The summed E-state index contributed by atoms with van der Waals surface area (Å²) in [4.78, 5) is 15.1. The Labute approximate surface area is 93.4 Å². The van der Waals surface area contributed by atoms with Gasteiger partial charge in [0.2, 0.25) is 5.91 Å². The number of fused-ring (bicyclic) bond motifs is 1. The lowest BCUT2D eigenvalue weighted by Gasteiger charge is -1.98. The van der Waals surface area contributed by atoms with E-state index in [0.29, 0.717) is 0 Å². The molecule has 0 radical (unpaired) electrons. The number of nitrogens with two attached hydrogens (primary N) is 1. The second kappa shape index (κ2) is 3.81. The Balaban J connectivity index is 2.62. The molecule has 4 nitrogen and oxygen atoms in total. The number of carbonyl (C=O) groups excluding carboxylic acids is 1. The number of pyridine rings is 1. The van der Waals surface area contributed by atoms with Crippen molar-refractivity contribution >= 4 is 17.6 Å². The van der Waals surface area contributed by atoms with Crippen molar-refractivity contribution < 1.29 is 4.79 Å². The minimum absolute atomic E-state index is 0.456. The number of imidazole rings is 1. The summed E-state index contributed by atoms with van der Waals surface area (Å²) in [7, 11) is 0. The van der Waals surface area contributed by atoms with Crippen LogP contribution in [0.4, 0.5) is 0 Å². The van der Waals surface area contributed by atoms with Gasteiger partial charge in [0.15, 0.2) is 0 Å². The highest BCUT2D eigenvalue weighted by Crippen LogP contribution is 2.14. The molecule has 2 rings (SSSR count). The van der Waals surface area contributed by atoms with Crippen LogP contribution in [-0.4, -0.2) is 15.3 Å². The van der Waals surface area contributed by atoms with E-state index in [0.717, 1.165) is 22.6 Å². The van der Waals surface area contributed by atoms with Crippen LogP contribution in [0.5, 0.6) is 0 Å². The van der Waals surface area contributed by atoms with Crippen LogP contribution in [0.25, 0.3) is 11.7 Å². The Morgan fingerprint density at radius 3 is 2.88 bits per heavy atom. The zero-order chi connectivity index (χ0) is 11.7. The number of aromatic nitrogens is 2. The second-order valence-electron chi connectivity index (χ2n) is 3.75. The second-order valence-corrected chi connectivity index (χ2v) is 3.75. The molecular formula is C12H13N3O. The molecule has 0 unspecified atom stereocenters. The monoisotopic (exact) mass is 215 g/mol. The molecule has 0 spiro atoms. The highest BCUT2D eigenvalue weighted by Gasteiger charge is 2.05. The Hall–Kier alpha value is -2.10. The molecule has 0 saturated carbocycles. The van der Waals surface area contributed by atoms with E-state index in [1.165, 1.54) is 6.08 Å². The van der Waals surface area contributed by atoms with Gasteiger partial charge in [-0.1, -0.05) is 6.07 Å². The number of primary amides is 1. The van der Waals surface area contributed by atoms with Crippen LogP contribution in [-0.2, 0) is 4.79 Å². The van der Waals surface area contributed by atoms with E-state index >= 15 is 0 Å². The molecule has 2 heterocycles. The molecule has 0 atom stereocenters. The van der Waals surface area contributed by atoms with Gasteiger partial charge in [-0.2, -0.15) is 0 Å². The van der Waals surface area contributed by atoms with Crippen LogP contribution in [0.1, 0.15) is 17.0 Å². The Bertz CT molecular complexity index is 581. The highest BCUT2D eigenvalue weighted by atomic mass is 16.1. The predicted octanol–water partition coefficient (Wildman–Crippen LogP) is 1.45. The average molecular weight is 215 g/mol. The van der Waals surface area contributed by atoms with E-state index in [2.05, 4.69) is 4.98 Å². The van der Waals surface area contributed by atoms with Gasteiger partial charge in [-0.05, 0) is 31.6 Å². The van der Waals surface area contributed by atoms with Crippen molar-refractivity contribution in [3.8, 4) is 0 Å². The molecule has 16 heavy (non-hydrogen) atoms. The average Bonchev–Trinajstić information content (AvgIpc) is 2.51. The predicted molar refractivity (Wildman–Crippen MR) is 62.9 cm³/mol. The standard InChI is InChI=1S/C12H13N3O/c1-8-3-6-12-14-9(2)10(15(12)7-8)4-5-11(13)16/h3-7H,1-2H3,(H2,13,16)/b5-4+. The molecule has 0 aliphatic carbocycles. The summed E-state index contributed by atoms with van der Waals surface area (Å²) >= 11 is 0. The number of rotatable bonds is 2. The number of nitrogens with zero attached hydrogens (tertiary/aromatic N) is 2. The van der Waals surface area contributed by atoms with Crippen LogP contribution in [0.2, 0.25) is 0 Å². The first kappa shape index (κ1) is 10.4. The summed E-state index contributed by atoms with van der Waals surface area (Å²) < 4.78 is 1.95. The normalized spacial score (nSPS) is 11.4. The zero-order valence-electron chi connectivity index (χ0n) is 9.27. The molecule has 2 N–H and O–H groups in total. The molecule has 0 aliphatic rings. The molecule has 0 saturated heterocycles. The SMILES string of the molecule is Cc1ccc2nc(C)c(/C=C/C(N)=O)n2c1. The van der Waals surface area contributed by atoms with E-state index in [9.17, 15) is 4.79 Å². The maximum atomic E-state index is 10.7. The molecule has 0 aromatic carbocycles. The molecule has 2 aromatic rings. The third kappa shape index (κ3) is 1.82. The number of carbonyl (C=O) groups is 1. The van der Waals surface area contributed by atoms with Crippen LogP contribution in [0.15, 0.2) is 24.4 Å². The molecule has 1 amide bonds. The summed E-state index contributed by atoms with van der Waals surface area (Å²) in [6.07, 6.45) is 5.02. The number of hydrogen-bond acceptors (Lipinski definition) is 2. The Kier molecular flexibility index (Phi) is 2.48. The van der Waals surface area contributed by atoms with Crippen LogP contribution < -0.4 is 5.73 Å². The van der Waals surface area contributed by atoms with Gasteiger partial charge < -0.3 is 5.73 Å². The summed E-state index contributed by atoms with van der Waals surface area (Å²) in [5.74, 6) is -0.456. The van der Waals surface area contributed by atoms with Gasteiger partial charge in [0.1, 0.15) is 5.65 Å². The van der Waals surface area contributed by atoms with Crippen molar-refractivity contribution in [1.29, 1.82) is 0 Å². The number of amides is 1. The summed E-state index contributed by atoms with van der Waals surface area (Å²) in [5.41, 5.74) is 8.85. The zero-order valence-corrected chi connectivity index (χ0v) is 9.27. The molecular weight excluding hydrogens is 202 g/mol. The van der Waals surface area contributed by atoms with E-state index in [1.807, 2.05) is 36.6 Å². The topological polar surface area (TPSA) is 60.4 Å². The fourth-order valence-electron chi connectivity index (χ4n) is 1.65. The summed E-state index contributed by atoms with van der Waals surface area (Å²) in [6.45, 7) is 3.92. The van der Waals surface area contributed by atoms with Crippen molar-refractivity contribution in [2.75, 3.05) is 0 Å². The lowest BCUT2D eigenvalue weighted by atomic mass is 10.3. The fourth-order valence-corrected chi connectivity index (χ4v) is 1.65. The van der Waals surface area contributed by atoms with Gasteiger partial charge >= 0.3 is 0 Å². The quantitative estimate of drug-likeness (QED) is 0.771. The third-order valence-electron chi connectivity index (χ3n) is 2.39. The summed E-state index contributed by atoms with van der Waals surface area (Å²) in [6, 6.07) is 3.95. The van der Waals surface area contributed by atoms with E-state index < -0.39 is 5.91 Å². The molecule has 0 fully saturated rings. The van der Waals surface area contributed by atoms with Gasteiger partial charge in [-0.3, -0.25) is 9.20 Å². The van der Waals surface area contributed by atoms with Crippen molar-refractivity contribution in [3.63, 3.8) is 0 Å². The maximum absolute atomic E-state index is 10.7. The van der Waals surface area contributed by atoms with E-state index in [-0.39, 0.29) is 0 Å². The third-order valence-corrected chi connectivity index (χ3v) is 2.39. The Morgan fingerprint density at radius 1 is 1.44 bits per heavy atom. The molecule has 0 aliphatic heterocycles. The number of hydrogen-bond donors (Lipinski definition) is 1. The van der Waals surface area contributed by atoms with Gasteiger partial charge in [0, 0.05) is 12.3 Å². The number of aryl methyl sites for hydroxylation is 2. The van der Waals surface area contributed by atoms with Gasteiger partial charge in [0.05, 0.1) is 11.4 Å². The van der Waals surface area contributed by atoms with Gasteiger partial charge in [0.25, 0.3) is 0 Å². The molecule has 4 heteroatoms. The molecule has 2 aromatic heterocycles. The Morgan fingerprint density at radius 2 is 2.19 bits per heavy atom. The van der Waals surface area contributed by atoms with Crippen LogP contribution in [0, 0.1) is 13.8 Å². The lowest BCUT2D eigenvalue weighted by Crippen LogP contribution is -2.05. The summed E-state index contributed by atoms with van der Waals surface area (Å²) in [5, 5.41) is 0. The van der Waals surface area contributed by atoms with Crippen molar-refractivity contribution in [2.45, 2.75) is 13.8 Å². The van der Waals surface area contributed by atoms with E-state index in [1.54, 1.807) is 6.08 Å². The first-order chi connectivity index (χ1) is 7.58. The van der Waals surface area contributed by atoms with E-state index in [4.69, 9.17) is 5.73 Å². The fraction of sp³-hybridized carbons (Fsp3) is 0.167. The highest BCUT2D eigenvalue weighted by molar-refractivity contribution is 5.90. The smallest absolute Gasteiger partial charge is 0.241 e. The van der Waals surface area contributed by atoms with Crippen LogP contribution in [0.3, 0.4) is 0 Å². The molecule has 0 bridgehead atoms. The first-order valence-electron chi connectivity index (χ1n) is 5.01.